The summed E-state index contributed by atoms with van der Waals surface area (Å²) < 4.78 is 39.9. The molecule has 0 radical (unpaired) electrons. The van der Waals surface area contributed by atoms with E-state index in [0.29, 0.717) is 18.2 Å². The zero-order chi connectivity index (χ0) is 17.3. The molecule has 9 heteroatoms. The number of nitrogens with zero attached hydrogens (tertiary/aromatic N) is 6. The van der Waals surface area contributed by atoms with Gasteiger partial charge in [0, 0.05) is 32.3 Å². The maximum atomic E-state index is 12.8. The Kier molecular flexibility index (Phi) is 4.13. The molecule has 0 aliphatic carbocycles. The van der Waals surface area contributed by atoms with Crippen LogP contribution in [0.3, 0.4) is 0 Å². The van der Waals surface area contributed by atoms with Gasteiger partial charge in [0.25, 0.3) is 0 Å². The fourth-order valence-electron chi connectivity index (χ4n) is 2.93. The molecule has 0 amide bonds. The normalized spacial score (nSPS) is 18.5. The van der Waals surface area contributed by atoms with Gasteiger partial charge in [-0.05, 0) is 12.8 Å². The molecule has 2 aromatic heterocycles. The second-order valence-corrected chi connectivity index (χ2v) is 5.75. The molecule has 0 bridgehead atoms. The smallest absolute Gasteiger partial charge is 0.355 e. The number of aryl methyl sites for hydroxylation is 1. The highest BCUT2D eigenvalue weighted by Gasteiger charge is 2.36. The minimum Gasteiger partial charge on any atom is -0.355 e. The Morgan fingerprint density at radius 1 is 1.29 bits per heavy atom. The number of piperidine rings is 1. The summed E-state index contributed by atoms with van der Waals surface area (Å²) in [5, 5.41) is 8.76. The second-order valence-electron chi connectivity index (χ2n) is 5.75. The number of anilines is 1. The molecule has 1 fully saturated rings. The number of hydrogen-bond donors (Lipinski definition) is 0. The minimum absolute atomic E-state index is 0.114. The van der Waals surface area contributed by atoms with Gasteiger partial charge in [-0.3, -0.25) is 0 Å². The second kappa shape index (κ2) is 6.11. The van der Waals surface area contributed by atoms with Crippen molar-refractivity contribution in [3.8, 4) is 6.07 Å². The van der Waals surface area contributed by atoms with Crippen LogP contribution >= 0.6 is 0 Å². The summed E-state index contributed by atoms with van der Waals surface area (Å²) in [6.45, 7) is 1.26. The van der Waals surface area contributed by atoms with Gasteiger partial charge in [-0.1, -0.05) is 0 Å². The summed E-state index contributed by atoms with van der Waals surface area (Å²) in [6, 6.07) is 1.90. The van der Waals surface area contributed by atoms with Crippen molar-refractivity contribution < 1.29 is 13.2 Å². The van der Waals surface area contributed by atoms with Gasteiger partial charge in [-0.25, -0.2) is 15.0 Å². The molecule has 24 heavy (non-hydrogen) atoms. The van der Waals surface area contributed by atoms with E-state index < -0.39 is 11.9 Å². The zero-order valence-electron chi connectivity index (χ0n) is 13.0. The van der Waals surface area contributed by atoms with E-state index >= 15 is 0 Å². The van der Waals surface area contributed by atoms with Crippen molar-refractivity contribution in [2.45, 2.75) is 24.9 Å². The van der Waals surface area contributed by atoms with Crippen LogP contribution in [-0.2, 0) is 13.2 Å². The fourth-order valence-corrected chi connectivity index (χ4v) is 2.93. The molecule has 0 unspecified atom stereocenters. The van der Waals surface area contributed by atoms with E-state index in [0.717, 1.165) is 25.6 Å². The molecule has 1 saturated heterocycles. The number of alkyl halides is 3. The third-order valence-corrected chi connectivity index (χ3v) is 4.07. The van der Waals surface area contributed by atoms with E-state index in [1.54, 1.807) is 7.05 Å². The molecule has 6 nitrogen and oxygen atoms in total. The maximum absolute atomic E-state index is 12.8. The molecular formula is C15H15F3N6. The molecule has 0 aromatic carbocycles. The monoisotopic (exact) mass is 336 g/mol. The van der Waals surface area contributed by atoms with E-state index in [4.69, 9.17) is 5.26 Å². The summed E-state index contributed by atoms with van der Waals surface area (Å²) in [7, 11) is 1.58. The first-order valence-electron chi connectivity index (χ1n) is 7.46. The van der Waals surface area contributed by atoms with Gasteiger partial charge in [-0.2, -0.15) is 18.4 Å². The van der Waals surface area contributed by atoms with Crippen LogP contribution in [0.2, 0.25) is 0 Å². The van der Waals surface area contributed by atoms with Gasteiger partial charge in [0.05, 0.1) is 12.4 Å². The lowest BCUT2D eigenvalue weighted by Crippen LogP contribution is -2.35. The molecule has 1 aliphatic heterocycles. The lowest BCUT2D eigenvalue weighted by molar-refractivity contribution is -0.141. The van der Waals surface area contributed by atoms with Gasteiger partial charge in [0.1, 0.15) is 17.7 Å². The summed E-state index contributed by atoms with van der Waals surface area (Å²) in [6.07, 6.45) is 1.07. The molecule has 3 rings (SSSR count). The van der Waals surface area contributed by atoms with Crippen molar-refractivity contribution in [2.24, 2.45) is 7.05 Å². The first-order chi connectivity index (χ1) is 11.4. The fraction of sp³-hybridized carbons (Fsp3) is 0.467. The Hall–Kier alpha value is -2.63. The van der Waals surface area contributed by atoms with E-state index in [2.05, 4.69) is 15.0 Å². The Labute approximate surface area is 136 Å². The summed E-state index contributed by atoms with van der Waals surface area (Å²) in [5.74, 6) is 0.926. The summed E-state index contributed by atoms with van der Waals surface area (Å²) in [5.41, 5.74) is -0.637. The summed E-state index contributed by atoms with van der Waals surface area (Å²) in [4.78, 5) is 13.9. The van der Waals surface area contributed by atoms with Crippen LogP contribution in [0.15, 0.2) is 18.6 Å². The van der Waals surface area contributed by atoms with Crippen LogP contribution in [0.5, 0.6) is 0 Å². The van der Waals surface area contributed by atoms with Crippen LogP contribution < -0.4 is 4.90 Å². The Morgan fingerprint density at radius 3 is 2.67 bits per heavy atom. The predicted octanol–water partition coefficient (Wildman–Crippen LogP) is 2.48. The van der Waals surface area contributed by atoms with Gasteiger partial charge >= 0.3 is 6.18 Å². The van der Waals surface area contributed by atoms with Crippen molar-refractivity contribution in [3.05, 3.63) is 35.8 Å². The first-order valence-corrected chi connectivity index (χ1v) is 7.46. The maximum Gasteiger partial charge on any atom is 0.434 e. The number of nitriles is 1. The lowest BCUT2D eigenvalue weighted by Gasteiger charge is -2.33. The van der Waals surface area contributed by atoms with Crippen molar-refractivity contribution in [3.63, 3.8) is 0 Å². The average Bonchev–Trinajstić information content (AvgIpc) is 2.97. The quantitative estimate of drug-likeness (QED) is 0.843. The average molecular weight is 336 g/mol. The van der Waals surface area contributed by atoms with Crippen molar-refractivity contribution in [2.75, 3.05) is 18.0 Å². The molecule has 2 aromatic rings. The highest BCUT2D eigenvalue weighted by molar-refractivity contribution is 5.38. The van der Waals surface area contributed by atoms with E-state index in [9.17, 15) is 13.2 Å². The number of hydrogen-bond acceptors (Lipinski definition) is 5. The van der Waals surface area contributed by atoms with E-state index in [1.807, 2.05) is 11.0 Å². The molecule has 0 N–H and O–H groups in total. The molecule has 0 spiro atoms. The van der Waals surface area contributed by atoms with Crippen LogP contribution in [0.25, 0.3) is 0 Å². The third kappa shape index (κ3) is 3.18. The van der Waals surface area contributed by atoms with Crippen LogP contribution in [-0.4, -0.2) is 32.6 Å². The van der Waals surface area contributed by atoms with Crippen molar-refractivity contribution >= 4 is 5.82 Å². The molecule has 3 heterocycles. The van der Waals surface area contributed by atoms with Crippen LogP contribution in [0.1, 0.15) is 36.0 Å². The minimum atomic E-state index is -4.44. The number of rotatable bonds is 2. The lowest BCUT2D eigenvalue weighted by atomic mass is 9.97. The van der Waals surface area contributed by atoms with Crippen molar-refractivity contribution in [1.82, 2.24) is 19.5 Å². The van der Waals surface area contributed by atoms with Gasteiger partial charge in [-0.15, -0.1) is 0 Å². The molecule has 1 atom stereocenters. The Morgan fingerprint density at radius 2 is 2.08 bits per heavy atom. The number of imidazole rings is 1. The van der Waals surface area contributed by atoms with E-state index in [1.165, 1.54) is 17.0 Å². The number of aromatic nitrogens is 4. The van der Waals surface area contributed by atoms with Crippen LogP contribution in [0.4, 0.5) is 19.0 Å². The third-order valence-electron chi connectivity index (χ3n) is 4.07. The van der Waals surface area contributed by atoms with Crippen LogP contribution in [0, 0.1) is 11.3 Å². The highest BCUT2D eigenvalue weighted by Crippen LogP contribution is 2.32. The van der Waals surface area contributed by atoms with E-state index in [-0.39, 0.29) is 11.6 Å². The molecular weight excluding hydrogens is 321 g/mol. The summed E-state index contributed by atoms with van der Waals surface area (Å²) >= 11 is 0. The zero-order valence-corrected chi connectivity index (χ0v) is 13.0. The number of halogens is 3. The standard InChI is InChI=1S/C15H15F3N6/c1-23-9-12(15(16,17)18)22-14(23)10-3-2-4-24(8-10)13-7-20-11(5-19)6-21-13/h6-7,9-10H,2-4,8H2,1H3/t10-/m1/s1. The first kappa shape index (κ1) is 16.2. The van der Waals surface area contributed by atoms with Gasteiger partial charge < -0.3 is 9.47 Å². The molecule has 1 aliphatic rings. The van der Waals surface area contributed by atoms with Gasteiger partial charge in [0.15, 0.2) is 11.4 Å². The van der Waals surface area contributed by atoms with Crippen molar-refractivity contribution in [1.29, 1.82) is 5.26 Å². The Balaban J connectivity index is 1.80. The molecule has 126 valence electrons. The predicted molar refractivity (Wildman–Crippen MR) is 79.1 cm³/mol. The largest absolute Gasteiger partial charge is 0.434 e. The highest BCUT2D eigenvalue weighted by atomic mass is 19.4. The topological polar surface area (TPSA) is 70.6 Å². The SMILES string of the molecule is Cn1cc(C(F)(F)F)nc1[C@@H]1CCCN(c2cnc(C#N)cn2)C1. The molecule has 0 saturated carbocycles. The Bertz CT molecular complexity index is 759. The van der Waals surface area contributed by atoms with Gasteiger partial charge in [0.2, 0.25) is 0 Å².